The summed E-state index contributed by atoms with van der Waals surface area (Å²) in [5.41, 5.74) is 11.2. The largest absolute Gasteiger partial charge is 0.455 e. The third-order valence-corrected chi connectivity index (χ3v) is 12.3. The molecule has 3 heterocycles. The highest BCUT2D eigenvalue weighted by Gasteiger charge is 2.38. The molecule has 0 spiro atoms. The highest BCUT2D eigenvalue weighted by molar-refractivity contribution is 6.11. The van der Waals surface area contributed by atoms with Gasteiger partial charge in [-0.2, -0.15) is 0 Å². The molecule has 0 fully saturated rings. The van der Waals surface area contributed by atoms with E-state index in [1.807, 2.05) is 60.7 Å². The van der Waals surface area contributed by atoms with Crippen molar-refractivity contribution in [3.05, 3.63) is 157 Å². The lowest BCUT2D eigenvalue weighted by Gasteiger charge is -2.42. The Balaban J connectivity index is 1.06. The van der Waals surface area contributed by atoms with Gasteiger partial charge in [-0.05, 0) is 94.1 Å². The van der Waals surface area contributed by atoms with E-state index in [1.165, 1.54) is 45.8 Å². The summed E-state index contributed by atoms with van der Waals surface area (Å²) in [6, 6.07) is 51.6. The van der Waals surface area contributed by atoms with Crippen molar-refractivity contribution in [1.29, 1.82) is 0 Å². The molecule has 7 aromatic carbocycles. The predicted octanol–water partition coefficient (Wildman–Crippen LogP) is 13.4. The van der Waals surface area contributed by atoms with Crippen LogP contribution in [0.25, 0.3) is 94.4 Å². The molecule has 0 N–H and O–H groups in total. The van der Waals surface area contributed by atoms with Crippen LogP contribution in [0.4, 0.5) is 0 Å². The molecule has 1 aliphatic carbocycles. The van der Waals surface area contributed by atoms with Crippen LogP contribution >= 0.6 is 0 Å². The number of para-hydroxylation sites is 3. The molecule has 0 unspecified atom stereocenters. The second-order valence-corrected chi connectivity index (χ2v) is 16.7. The minimum atomic E-state index is 0.119. The third-order valence-electron chi connectivity index (χ3n) is 12.3. The van der Waals surface area contributed by atoms with Gasteiger partial charge in [0, 0.05) is 38.4 Å². The Hall–Kier alpha value is -6.59. The molecule has 56 heavy (non-hydrogen) atoms. The highest BCUT2D eigenvalue weighted by atomic mass is 16.3. The molecular weight excluding hydrogens is 685 g/mol. The second-order valence-electron chi connectivity index (χ2n) is 16.7. The van der Waals surface area contributed by atoms with Crippen molar-refractivity contribution in [2.24, 2.45) is 0 Å². The van der Waals surface area contributed by atoms with Gasteiger partial charge < -0.3 is 8.98 Å². The van der Waals surface area contributed by atoms with Gasteiger partial charge in [-0.1, -0.05) is 125 Å². The minimum Gasteiger partial charge on any atom is -0.455 e. The van der Waals surface area contributed by atoms with Gasteiger partial charge in [0.25, 0.3) is 0 Å². The van der Waals surface area contributed by atoms with Gasteiger partial charge in [0.15, 0.2) is 17.5 Å². The lowest BCUT2D eigenvalue weighted by atomic mass is 9.63. The Morgan fingerprint density at radius 3 is 1.95 bits per heavy atom. The summed E-state index contributed by atoms with van der Waals surface area (Å²) in [7, 11) is 0. The summed E-state index contributed by atoms with van der Waals surface area (Å²) in [5, 5.41) is 7.00. The fourth-order valence-corrected chi connectivity index (χ4v) is 9.08. The zero-order valence-electron chi connectivity index (χ0n) is 32.0. The summed E-state index contributed by atoms with van der Waals surface area (Å²) >= 11 is 0. The normalized spacial score (nSPS) is 14.9. The quantitative estimate of drug-likeness (QED) is 0.181. The Morgan fingerprint density at radius 2 is 1.12 bits per heavy atom. The van der Waals surface area contributed by atoms with Gasteiger partial charge >= 0.3 is 0 Å². The first-order valence-corrected chi connectivity index (χ1v) is 19.6. The van der Waals surface area contributed by atoms with Crippen LogP contribution in [0.2, 0.25) is 0 Å². The lowest BCUT2D eigenvalue weighted by Crippen LogP contribution is -2.33. The predicted molar refractivity (Wildman–Crippen MR) is 231 cm³/mol. The number of fused-ring (bicyclic) bond motifs is 8. The summed E-state index contributed by atoms with van der Waals surface area (Å²) in [5.74, 6) is 1.81. The fraction of sp³-hybridized carbons (Fsp3) is 0.157. The number of aromatic nitrogens is 4. The standard InChI is InChI=1S/C51H40N4O/c1-50(2)25-26-51(3,4)42-30-44-40(29-41(42)50)36-15-8-10-19-43(36)55(44)35-24-23-32-27-34(22-21-33(32)28-35)48-52-47(31-13-6-5-7-14-31)53-49(54-48)39-18-12-17-38-37-16-9-11-20-45(37)56-46(38)39/h5-24,27-30H,25-26H2,1-4H3. The maximum Gasteiger partial charge on any atom is 0.167 e. The van der Waals surface area contributed by atoms with Crippen molar-refractivity contribution in [2.75, 3.05) is 0 Å². The van der Waals surface area contributed by atoms with Crippen molar-refractivity contribution in [1.82, 2.24) is 19.5 Å². The van der Waals surface area contributed by atoms with Crippen LogP contribution in [-0.4, -0.2) is 19.5 Å². The van der Waals surface area contributed by atoms with E-state index in [2.05, 4.69) is 117 Å². The van der Waals surface area contributed by atoms with Gasteiger partial charge in [-0.3, -0.25) is 0 Å². The van der Waals surface area contributed by atoms with E-state index < -0.39 is 0 Å². The maximum absolute atomic E-state index is 6.43. The Bertz CT molecular complexity index is 3200. The average molecular weight is 725 g/mol. The van der Waals surface area contributed by atoms with E-state index in [4.69, 9.17) is 19.4 Å². The van der Waals surface area contributed by atoms with Gasteiger partial charge in [-0.15, -0.1) is 0 Å². The highest BCUT2D eigenvalue weighted by Crippen LogP contribution is 2.48. The summed E-state index contributed by atoms with van der Waals surface area (Å²) in [4.78, 5) is 15.2. The SMILES string of the molecule is CC1(C)CCC(C)(C)c2cc3c(cc21)c1ccccc1n3-c1ccc2cc(-c3nc(-c4ccccc4)nc(-c4cccc5c4oc4ccccc45)n3)ccc2c1. The third kappa shape index (κ3) is 5.04. The van der Waals surface area contributed by atoms with Gasteiger partial charge in [0.1, 0.15) is 11.2 Å². The monoisotopic (exact) mass is 724 g/mol. The number of furan rings is 1. The topological polar surface area (TPSA) is 56.7 Å². The summed E-state index contributed by atoms with van der Waals surface area (Å²) < 4.78 is 8.88. The average Bonchev–Trinajstić information content (AvgIpc) is 3.77. The molecule has 11 rings (SSSR count). The van der Waals surface area contributed by atoms with Gasteiger partial charge in [-0.25, -0.2) is 15.0 Å². The van der Waals surface area contributed by atoms with Crippen LogP contribution < -0.4 is 0 Å². The molecule has 270 valence electrons. The summed E-state index contributed by atoms with van der Waals surface area (Å²) in [6.07, 6.45) is 2.38. The fourth-order valence-electron chi connectivity index (χ4n) is 9.08. The molecule has 0 saturated heterocycles. The zero-order chi connectivity index (χ0) is 37.8. The maximum atomic E-state index is 6.43. The minimum absolute atomic E-state index is 0.119. The Labute approximate surface area is 325 Å². The first-order chi connectivity index (χ1) is 27.2. The van der Waals surface area contributed by atoms with Crippen LogP contribution in [-0.2, 0) is 10.8 Å². The van der Waals surface area contributed by atoms with E-state index >= 15 is 0 Å². The van der Waals surface area contributed by atoms with E-state index in [1.54, 1.807) is 0 Å². The van der Waals surface area contributed by atoms with E-state index in [-0.39, 0.29) is 10.8 Å². The number of hydrogen-bond donors (Lipinski definition) is 0. The second kappa shape index (κ2) is 12.0. The Morgan fingerprint density at radius 1 is 0.482 bits per heavy atom. The molecule has 0 atom stereocenters. The molecule has 1 aliphatic rings. The smallest absolute Gasteiger partial charge is 0.167 e. The van der Waals surface area contributed by atoms with Crippen LogP contribution in [0.1, 0.15) is 51.7 Å². The molecule has 0 aliphatic heterocycles. The molecule has 0 amide bonds. The van der Waals surface area contributed by atoms with Crippen LogP contribution in [0.15, 0.2) is 150 Å². The lowest BCUT2D eigenvalue weighted by molar-refractivity contribution is 0.332. The Kier molecular flexibility index (Phi) is 7.00. The van der Waals surface area contributed by atoms with Crippen molar-refractivity contribution < 1.29 is 4.42 Å². The van der Waals surface area contributed by atoms with Crippen LogP contribution in [0, 0.1) is 0 Å². The number of benzene rings is 7. The van der Waals surface area contributed by atoms with Crippen molar-refractivity contribution in [3.8, 4) is 39.9 Å². The van der Waals surface area contributed by atoms with E-state index in [0.29, 0.717) is 17.5 Å². The number of nitrogens with zero attached hydrogens (tertiary/aromatic N) is 4. The molecule has 5 nitrogen and oxygen atoms in total. The zero-order valence-corrected chi connectivity index (χ0v) is 32.0. The first-order valence-electron chi connectivity index (χ1n) is 19.6. The number of hydrogen-bond acceptors (Lipinski definition) is 4. The molecule has 5 heteroatoms. The summed E-state index contributed by atoms with van der Waals surface area (Å²) in [6.45, 7) is 9.63. The van der Waals surface area contributed by atoms with Crippen LogP contribution in [0.5, 0.6) is 0 Å². The van der Waals surface area contributed by atoms with Gasteiger partial charge in [0.05, 0.1) is 16.6 Å². The first kappa shape index (κ1) is 32.8. The van der Waals surface area contributed by atoms with Gasteiger partial charge in [0.2, 0.25) is 0 Å². The van der Waals surface area contributed by atoms with E-state index in [0.717, 1.165) is 55.1 Å². The molecule has 0 radical (unpaired) electrons. The van der Waals surface area contributed by atoms with Crippen molar-refractivity contribution in [2.45, 2.75) is 51.4 Å². The van der Waals surface area contributed by atoms with Crippen molar-refractivity contribution >= 4 is 54.5 Å². The van der Waals surface area contributed by atoms with Crippen molar-refractivity contribution in [3.63, 3.8) is 0 Å². The number of rotatable bonds is 4. The van der Waals surface area contributed by atoms with E-state index in [9.17, 15) is 0 Å². The molecule has 0 saturated carbocycles. The van der Waals surface area contributed by atoms with Crippen LogP contribution in [0.3, 0.4) is 0 Å². The molecule has 3 aromatic heterocycles. The molecule has 0 bridgehead atoms. The molecule has 10 aromatic rings. The molecular formula is C51H40N4O.